The quantitative estimate of drug-likeness (QED) is 0.757. The fourth-order valence-electron chi connectivity index (χ4n) is 2.40. The average molecular weight is 208 g/mol. The van der Waals surface area contributed by atoms with Crippen molar-refractivity contribution >= 4 is 0 Å². The molecular weight excluding hydrogens is 188 g/mol. The number of hydrogen-bond acceptors (Lipinski definition) is 1. The maximum absolute atomic E-state index is 11.6. The normalized spacial score (nSPS) is 15.3. The van der Waals surface area contributed by atoms with Crippen LogP contribution in [-0.4, -0.2) is 9.78 Å². The third-order valence-electron chi connectivity index (χ3n) is 3.26. The lowest BCUT2D eigenvalue weighted by Crippen LogP contribution is -2.10. The van der Waals surface area contributed by atoms with E-state index < -0.39 is 0 Å². The lowest BCUT2D eigenvalue weighted by Gasteiger charge is -2.13. The second kappa shape index (κ2) is 4.69. The van der Waals surface area contributed by atoms with Crippen LogP contribution in [0.25, 0.3) is 0 Å². The summed E-state index contributed by atoms with van der Waals surface area (Å²) in [5.41, 5.74) is 2.49. The van der Waals surface area contributed by atoms with Crippen molar-refractivity contribution < 1.29 is 0 Å². The fourth-order valence-corrected chi connectivity index (χ4v) is 2.40. The van der Waals surface area contributed by atoms with Crippen molar-refractivity contribution in [3.63, 3.8) is 0 Å². The molecule has 0 aromatic carbocycles. The Kier molecular flexibility index (Phi) is 3.29. The van der Waals surface area contributed by atoms with Gasteiger partial charge in [-0.1, -0.05) is 19.8 Å². The fraction of sp³-hybridized carbons (Fsp3) is 0.750. The Morgan fingerprint density at radius 1 is 1.27 bits per heavy atom. The minimum absolute atomic E-state index is 0.154. The van der Waals surface area contributed by atoms with Crippen molar-refractivity contribution in [2.45, 2.75) is 58.4 Å². The van der Waals surface area contributed by atoms with Gasteiger partial charge in [0, 0.05) is 17.8 Å². The van der Waals surface area contributed by atoms with E-state index in [1.807, 2.05) is 0 Å². The third kappa shape index (κ3) is 2.16. The maximum atomic E-state index is 11.6. The van der Waals surface area contributed by atoms with Crippen LogP contribution >= 0.6 is 0 Å². The SMILES string of the molecule is CCCCCn1[nH]c(=O)c2c1CCCC2. The zero-order chi connectivity index (χ0) is 10.7. The molecule has 0 saturated carbocycles. The molecule has 1 aliphatic rings. The number of nitrogens with zero attached hydrogens (tertiary/aromatic N) is 1. The standard InChI is InChI=1S/C12H20N2O/c1-2-3-6-9-14-11-8-5-4-7-10(11)12(15)13-14/h2-9H2,1H3,(H,13,15). The number of unbranched alkanes of at least 4 members (excludes halogenated alkanes) is 2. The molecule has 0 fully saturated rings. The molecule has 0 saturated heterocycles. The molecule has 0 aliphatic heterocycles. The molecule has 84 valence electrons. The molecule has 15 heavy (non-hydrogen) atoms. The predicted octanol–water partition coefficient (Wildman–Crippen LogP) is 2.25. The number of hydrogen-bond donors (Lipinski definition) is 1. The summed E-state index contributed by atoms with van der Waals surface area (Å²) < 4.78 is 2.09. The lowest BCUT2D eigenvalue weighted by atomic mass is 9.98. The van der Waals surface area contributed by atoms with Gasteiger partial charge >= 0.3 is 0 Å². The van der Waals surface area contributed by atoms with Gasteiger partial charge in [-0.15, -0.1) is 0 Å². The molecule has 1 heterocycles. The molecule has 0 amide bonds. The molecule has 0 unspecified atom stereocenters. The highest BCUT2D eigenvalue weighted by molar-refractivity contribution is 5.20. The average Bonchev–Trinajstić information content (AvgIpc) is 2.58. The Labute approximate surface area is 90.5 Å². The van der Waals surface area contributed by atoms with Gasteiger partial charge < -0.3 is 0 Å². The highest BCUT2D eigenvalue weighted by Crippen LogP contribution is 2.18. The minimum atomic E-state index is 0.154. The first-order valence-corrected chi connectivity index (χ1v) is 6.13. The van der Waals surface area contributed by atoms with Gasteiger partial charge in [0.05, 0.1) is 0 Å². The number of aromatic amines is 1. The second-order valence-corrected chi connectivity index (χ2v) is 4.43. The van der Waals surface area contributed by atoms with Gasteiger partial charge in [-0.25, -0.2) is 0 Å². The Balaban J connectivity index is 2.13. The van der Waals surface area contributed by atoms with Crippen LogP contribution in [-0.2, 0) is 19.4 Å². The van der Waals surface area contributed by atoms with E-state index in [1.165, 1.54) is 37.8 Å². The summed E-state index contributed by atoms with van der Waals surface area (Å²) in [4.78, 5) is 11.6. The summed E-state index contributed by atoms with van der Waals surface area (Å²) in [6.07, 6.45) is 8.12. The molecule has 3 nitrogen and oxygen atoms in total. The molecule has 1 aromatic heterocycles. The van der Waals surface area contributed by atoms with E-state index in [-0.39, 0.29) is 5.56 Å². The van der Waals surface area contributed by atoms with Gasteiger partial charge in [0.1, 0.15) is 0 Å². The number of rotatable bonds is 4. The van der Waals surface area contributed by atoms with Gasteiger partial charge in [0.25, 0.3) is 5.56 Å². The van der Waals surface area contributed by atoms with E-state index in [2.05, 4.69) is 16.7 Å². The number of H-pyrrole nitrogens is 1. The van der Waals surface area contributed by atoms with Gasteiger partial charge in [-0.3, -0.25) is 14.6 Å². The minimum Gasteiger partial charge on any atom is -0.289 e. The summed E-state index contributed by atoms with van der Waals surface area (Å²) in [7, 11) is 0. The number of nitrogens with one attached hydrogen (secondary N) is 1. The smallest absolute Gasteiger partial charge is 0.267 e. The second-order valence-electron chi connectivity index (χ2n) is 4.43. The zero-order valence-electron chi connectivity index (χ0n) is 9.51. The van der Waals surface area contributed by atoms with E-state index in [9.17, 15) is 4.79 Å². The van der Waals surface area contributed by atoms with Crippen LogP contribution in [0.15, 0.2) is 4.79 Å². The van der Waals surface area contributed by atoms with Crippen LogP contribution in [0.1, 0.15) is 50.3 Å². The lowest BCUT2D eigenvalue weighted by molar-refractivity contribution is 0.517. The zero-order valence-corrected chi connectivity index (χ0v) is 9.51. The topological polar surface area (TPSA) is 37.8 Å². The first kappa shape index (κ1) is 10.5. The molecule has 0 atom stereocenters. The van der Waals surface area contributed by atoms with Crippen molar-refractivity contribution in [1.29, 1.82) is 0 Å². The molecule has 2 rings (SSSR count). The first-order valence-electron chi connectivity index (χ1n) is 6.13. The first-order chi connectivity index (χ1) is 7.33. The van der Waals surface area contributed by atoms with Gasteiger partial charge in [-0.05, 0) is 32.1 Å². The Morgan fingerprint density at radius 3 is 2.87 bits per heavy atom. The van der Waals surface area contributed by atoms with Crippen molar-refractivity contribution in [1.82, 2.24) is 9.78 Å². The third-order valence-corrected chi connectivity index (χ3v) is 3.26. The molecule has 1 aromatic rings. The van der Waals surface area contributed by atoms with Crippen molar-refractivity contribution in [2.24, 2.45) is 0 Å². The van der Waals surface area contributed by atoms with Crippen molar-refractivity contribution in [3.8, 4) is 0 Å². The van der Waals surface area contributed by atoms with Crippen molar-refractivity contribution in [2.75, 3.05) is 0 Å². The number of fused-ring (bicyclic) bond motifs is 1. The van der Waals surface area contributed by atoms with Gasteiger partial charge in [0.15, 0.2) is 0 Å². The number of aryl methyl sites for hydroxylation is 1. The van der Waals surface area contributed by atoms with Crippen LogP contribution in [0.4, 0.5) is 0 Å². The molecular formula is C12H20N2O. The van der Waals surface area contributed by atoms with Crippen LogP contribution in [0.5, 0.6) is 0 Å². The van der Waals surface area contributed by atoms with E-state index >= 15 is 0 Å². The molecule has 1 N–H and O–H groups in total. The molecule has 0 bridgehead atoms. The largest absolute Gasteiger partial charge is 0.289 e. The van der Waals surface area contributed by atoms with Crippen LogP contribution in [0.3, 0.4) is 0 Å². The molecule has 0 radical (unpaired) electrons. The summed E-state index contributed by atoms with van der Waals surface area (Å²) in [6, 6.07) is 0. The van der Waals surface area contributed by atoms with E-state index in [0.717, 1.165) is 24.9 Å². The summed E-state index contributed by atoms with van der Waals surface area (Å²) in [6.45, 7) is 3.19. The molecule has 1 aliphatic carbocycles. The molecule has 0 spiro atoms. The van der Waals surface area contributed by atoms with Crippen molar-refractivity contribution in [3.05, 3.63) is 21.6 Å². The Bertz CT molecular complexity index is 375. The monoisotopic (exact) mass is 208 g/mol. The van der Waals surface area contributed by atoms with Crippen LogP contribution in [0.2, 0.25) is 0 Å². The van der Waals surface area contributed by atoms with E-state index in [1.54, 1.807) is 0 Å². The Morgan fingerprint density at radius 2 is 2.07 bits per heavy atom. The summed E-state index contributed by atoms with van der Waals surface area (Å²) >= 11 is 0. The van der Waals surface area contributed by atoms with Gasteiger partial charge in [0.2, 0.25) is 0 Å². The maximum Gasteiger partial charge on any atom is 0.267 e. The Hall–Kier alpha value is -0.990. The predicted molar refractivity (Wildman–Crippen MR) is 61.2 cm³/mol. The molecule has 3 heteroatoms. The van der Waals surface area contributed by atoms with Crippen LogP contribution in [0, 0.1) is 0 Å². The summed E-state index contributed by atoms with van der Waals surface area (Å²) in [5.74, 6) is 0. The van der Waals surface area contributed by atoms with E-state index in [0.29, 0.717) is 0 Å². The highest BCUT2D eigenvalue weighted by Gasteiger charge is 2.17. The number of aromatic nitrogens is 2. The highest BCUT2D eigenvalue weighted by atomic mass is 16.1. The van der Waals surface area contributed by atoms with E-state index in [4.69, 9.17) is 0 Å². The summed E-state index contributed by atoms with van der Waals surface area (Å²) in [5, 5.41) is 2.98. The van der Waals surface area contributed by atoms with Crippen LogP contribution < -0.4 is 5.56 Å². The van der Waals surface area contributed by atoms with Gasteiger partial charge in [-0.2, -0.15) is 0 Å².